The number of anilines is 2. The quantitative estimate of drug-likeness (QED) is 0.904. The largest absolute Gasteiger partial charge is 0.378 e. The summed E-state index contributed by atoms with van der Waals surface area (Å²) in [5.74, 6) is 0.920. The molecule has 0 atom stereocenters. The molecule has 21 heavy (non-hydrogen) atoms. The Balaban J connectivity index is 1.67. The van der Waals surface area contributed by atoms with Gasteiger partial charge in [0, 0.05) is 19.3 Å². The van der Waals surface area contributed by atoms with E-state index in [-0.39, 0.29) is 11.6 Å². The van der Waals surface area contributed by atoms with E-state index in [9.17, 15) is 4.79 Å². The predicted octanol–water partition coefficient (Wildman–Crippen LogP) is 0.960. The van der Waals surface area contributed by atoms with Gasteiger partial charge in [0.05, 0.1) is 13.2 Å². The van der Waals surface area contributed by atoms with Crippen LogP contribution in [0.25, 0.3) is 0 Å². The highest BCUT2D eigenvalue weighted by Gasteiger charge is 2.14. The van der Waals surface area contributed by atoms with Crippen molar-refractivity contribution in [2.75, 3.05) is 36.5 Å². The third kappa shape index (κ3) is 3.32. The lowest BCUT2D eigenvalue weighted by Gasteiger charge is -2.27. The van der Waals surface area contributed by atoms with Crippen LogP contribution in [-0.4, -0.2) is 47.4 Å². The number of carbonyl (C=O) groups is 1. The van der Waals surface area contributed by atoms with E-state index in [4.69, 9.17) is 4.74 Å². The van der Waals surface area contributed by atoms with E-state index < -0.39 is 0 Å². The van der Waals surface area contributed by atoms with Gasteiger partial charge < -0.3 is 15.0 Å². The Hall–Kier alpha value is -2.54. The Kier molecular flexibility index (Phi) is 4.02. The van der Waals surface area contributed by atoms with Crippen LogP contribution in [0.1, 0.15) is 10.5 Å². The van der Waals surface area contributed by atoms with Crippen LogP contribution in [0.3, 0.4) is 0 Å². The number of pyridine rings is 1. The third-order valence-corrected chi connectivity index (χ3v) is 3.12. The summed E-state index contributed by atoms with van der Waals surface area (Å²) in [6, 6.07) is 8.76. The molecule has 1 fully saturated rings. The molecule has 0 aliphatic carbocycles. The molecule has 0 aromatic carbocycles. The summed E-state index contributed by atoms with van der Waals surface area (Å²) in [6.45, 7) is 2.94. The average molecular weight is 285 g/mol. The van der Waals surface area contributed by atoms with Crippen molar-refractivity contribution in [3.8, 4) is 0 Å². The second kappa shape index (κ2) is 6.27. The molecule has 7 heteroatoms. The lowest BCUT2D eigenvalue weighted by molar-refractivity contribution is 0.102. The minimum Gasteiger partial charge on any atom is -0.378 e. The van der Waals surface area contributed by atoms with Crippen molar-refractivity contribution in [1.29, 1.82) is 0 Å². The second-order valence-corrected chi connectivity index (χ2v) is 4.55. The summed E-state index contributed by atoms with van der Waals surface area (Å²) < 4.78 is 5.29. The number of rotatable bonds is 3. The molecule has 0 spiro atoms. The maximum Gasteiger partial charge on any atom is 0.277 e. The first-order valence-electron chi connectivity index (χ1n) is 6.72. The zero-order valence-electron chi connectivity index (χ0n) is 11.4. The minimum absolute atomic E-state index is 0.262. The molecule has 2 aromatic rings. The highest BCUT2D eigenvalue weighted by molar-refractivity contribution is 6.02. The molecule has 3 heterocycles. The van der Waals surface area contributed by atoms with Crippen LogP contribution in [0.15, 0.2) is 36.5 Å². The summed E-state index contributed by atoms with van der Waals surface area (Å²) in [4.78, 5) is 18.1. The van der Waals surface area contributed by atoms with Crippen molar-refractivity contribution in [3.63, 3.8) is 0 Å². The van der Waals surface area contributed by atoms with Crippen molar-refractivity contribution < 1.29 is 9.53 Å². The molecule has 1 saturated heterocycles. The van der Waals surface area contributed by atoms with Gasteiger partial charge in [-0.15, -0.1) is 10.2 Å². The maximum atomic E-state index is 12.0. The number of amides is 1. The number of hydrogen-bond donors (Lipinski definition) is 1. The molecule has 7 nitrogen and oxygen atoms in total. The molecular weight excluding hydrogens is 270 g/mol. The van der Waals surface area contributed by atoms with Crippen molar-refractivity contribution in [1.82, 2.24) is 15.2 Å². The molecule has 3 rings (SSSR count). The SMILES string of the molecule is O=C(Nc1ccccn1)c1ccc(N2CCOCC2)nn1. The molecule has 0 saturated carbocycles. The van der Waals surface area contributed by atoms with E-state index in [1.54, 1.807) is 36.5 Å². The molecule has 1 N–H and O–H groups in total. The third-order valence-electron chi connectivity index (χ3n) is 3.12. The zero-order chi connectivity index (χ0) is 14.5. The zero-order valence-corrected chi connectivity index (χ0v) is 11.4. The van der Waals surface area contributed by atoms with Gasteiger partial charge in [0.2, 0.25) is 0 Å². The molecule has 0 radical (unpaired) electrons. The highest BCUT2D eigenvalue weighted by atomic mass is 16.5. The van der Waals surface area contributed by atoms with Gasteiger partial charge in [-0.1, -0.05) is 6.07 Å². The Labute approximate surface area is 122 Å². The maximum absolute atomic E-state index is 12.0. The van der Waals surface area contributed by atoms with E-state index in [1.165, 1.54) is 0 Å². The van der Waals surface area contributed by atoms with E-state index in [0.29, 0.717) is 19.0 Å². The summed E-state index contributed by atoms with van der Waals surface area (Å²) >= 11 is 0. The van der Waals surface area contributed by atoms with Gasteiger partial charge in [-0.05, 0) is 24.3 Å². The first-order valence-corrected chi connectivity index (χ1v) is 6.72. The van der Waals surface area contributed by atoms with Crippen LogP contribution in [-0.2, 0) is 4.74 Å². The number of nitrogens with zero attached hydrogens (tertiary/aromatic N) is 4. The molecular formula is C14H15N5O2. The van der Waals surface area contributed by atoms with Crippen molar-refractivity contribution in [2.24, 2.45) is 0 Å². The van der Waals surface area contributed by atoms with Crippen molar-refractivity contribution in [2.45, 2.75) is 0 Å². The van der Waals surface area contributed by atoms with Gasteiger partial charge in [-0.2, -0.15) is 0 Å². The summed E-state index contributed by atoms with van der Waals surface area (Å²) in [7, 11) is 0. The standard InChI is InChI=1S/C14H15N5O2/c20-14(16-12-3-1-2-6-15-12)11-4-5-13(18-17-11)19-7-9-21-10-8-19/h1-6H,7-10H2,(H,15,16,20). The summed E-state index contributed by atoms with van der Waals surface area (Å²) in [5, 5.41) is 10.8. The molecule has 0 bridgehead atoms. The van der Waals surface area contributed by atoms with Crippen LogP contribution < -0.4 is 10.2 Å². The van der Waals surface area contributed by atoms with Crippen LogP contribution in [0.5, 0.6) is 0 Å². The molecule has 2 aromatic heterocycles. The second-order valence-electron chi connectivity index (χ2n) is 4.55. The molecule has 0 unspecified atom stereocenters. The molecule has 1 amide bonds. The number of hydrogen-bond acceptors (Lipinski definition) is 6. The van der Waals surface area contributed by atoms with Gasteiger partial charge in [0.25, 0.3) is 5.91 Å². The van der Waals surface area contributed by atoms with E-state index in [0.717, 1.165) is 18.9 Å². The summed E-state index contributed by atoms with van der Waals surface area (Å²) in [5.41, 5.74) is 0.262. The lowest BCUT2D eigenvalue weighted by atomic mass is 10.3. The van der Waals surface area contributed by atoms with E-state index in [2.05, 4.69) is 25.4 Å². The Morgan fingerprint density at radius 1 is 1.14 bits per heavy atom. The van der Waals surface area contributed by atoms with Gasteiger partial charge in [-0.25, -0.2) is 4.98 Å². The Bertz CT molecular complexity index is 597. The fraction of sp³-hybridized carbons (Fsp3) is 0.286. The van der Waals surface area contributed by atoms with E-state index >= 15 is 0 Å². The van der Waals surface area contributed by atoms with Crippen molar-refractivity contribution >= 4 is 17.5 Å². The number of morpholine rings is 1. The molecule has 1 aliphatic heterocycles. The van der Waals surface area contributed by atoms with E-state index in [1.807, 2.05) is 0 Å². The smallest absolute Gasteiger partial charge is 0.277 e. The first kappa shape index (κ1) is 13.4. The number of carbonyl (C=O) groups excluding carboxylic acids is 1. The van der Waals surface area contributed by atoms with Crippen LogP contribution in [0.4, 0.5) is 11.6 Å². The minimum atomic E-state index is -0.324. The van der Waals surface area contributed by atoms with Gasteiger partial charge >= 0.3 is 0 Å². The monoisotopic (exact) mass is 285 g/mol. The Morgan fingerprint density at radius 3 is 2.67 bits per heavy atom. The average Bonchev–Trinajstić information content (AvgIpc) is 2.57. The Morgan fingerprint density at radius 2 is 2.00 bits per heavy atom. The van der Waals surface area contributed by atoms with Gasteiger partial charge in [0.1, 0.15) is 5.82 Å². The van der Waals surface area contributed by atoms with Crippen LogP contribution >= 0.6 is 0 Å². The predicted molar refractivity (Wildman–Crippen MR) is 77.3 cm³/mol. The topological polar surface area (TPSA) is 80.2 Å². The molecule has 1 aliphatic rings. The van der Waals surface area contributed by atoms with Gasteiger partial charge in [0.15, 0.2) is 11.5 Å². The lowest BCUT2D eigenvalue weighted by Crippen LogP contribution is -2.37. The highest BCUT2D eigenvalue weighted by Crippen LogP contribution is 2.12. The summed E-state index contributed by atoms with van der Waals surface area (Å²) in [6.07, 6.45) is 1.61. The van der Waals surface area contributed by atoms with Crippen molar-refractivity contribution in [3.05, 3.63) is 42.2 Å². The fourth-order valence-electron chi connectivity index (χ4n) is 2.02. The number of nitrogens with one attached hydrogen (secondary N) is 1. The van der Waals surface area contributed by atoms with Crippen LogP contribution in [0, 0.1) is 0 Å². The normalized spacial score (nSPS) is 14.8. The molecule has 108 valence electrons. The van der Waals surface area contributed by atoms with Crippen LogP contribution in [0.2, 0.25) is 0 Å². The number of aromatic nitrogens is 3. The van der Waals surface area contributed by atoms with Gasteiger partial charge in [-0.3, -0.25) is 4.79 Å². The first-order chi connectivity index (χ1) is 10.3. The fourth-order valence-corrected chi connectivity index (χ4v) is 2.02. The number of ether oxygens (including phenoxy) is 1.